The van der Waals surface area contributed by atoms with Gasteiger partial charge in [-0.15, -0.1) is 0 Å². The molecule has 1 N–H and O–H groups in total. The molecule has 0 radical (unpaired) electrons. The van der Waals surface area contributed by atoms with Crippen molar-refractivity contribution in [2.45, 2.75) is 32.9 Å². The molecule has 0 saturated heterocycles. The van der Waals surface area contributed by atoms with Crippen LogP contribution >= 0.6 is 0 Å². The monoisotopic (exact) mass is 269 g/mol. The van der Waals surface area contributed by atoms with Gasteiger partial charge in [0.25, 0.3) is 0 Å². The molecule has 2 aromatic carbocycles. The Morgan fingerprint density at radius 3 is 2.35 bits per heavy atom. The zero-order valence-corrected chi connectivity index (χ0v) is 12.3. The fourth-order valence-corrected chi connectivity index (χ4v) is 2.05. The van der Waals surface area contributed by atoms with Crippen molar-refractivity contribution >= 4 is 0 Å². The number of rotatable bonds is 7. The van der Waals surface area contributed by atoms with Crippen LogP contribution in [0.25, 0.3) is 0 Å². The van der Waals surface area contributed by atoms with Crippen LogP contribution < -0.4 is 10.1 Å². The van der Waals surface area contributed by atoms with Crippen molar-refractivity contribution < 1.29 is 4.74 Å². The molecule has 2 heteroatoms. The van der Waals surface area contributed by atoms with Crippen LogP contribution in [0.4, 0.5) is 0 Å². The van der Waals surface area contributed by atoms with Gasteiger partial charge in [0.2, 0.25) is 0 Å². The molecular weight excluding hydrogens is 246 g/mol. The number of nitrogens with one attached hydrogen (secondary N) is 1. The molecule has 0 unspecified atom stereocenters. The first-order valence-corrected chi connectivity index (χ1v) is 7.29. The molecule has 0 aliphatic heterocycles. The van der Waals surface area contributed by atoms with E-state index < -0.39 is 0 Å². The zero-order chi connectivity index (χ0) is 14.2. The highest BCUT2D eigenvalue weighted by Gasteiger charge is 2.03. The molecule has 0 fully saturated rings. The van der Waals surface area contributed by atoms with Crippen LogP contribution in [0, 0.1) is 0 Å². The molecule has 20 heavy (non-hydrogen) atoms. The maximum atomic E-state index is 5.58. The van der Waals surface area contributed by atoms with Crippen LogP contribution in [-0.2, 0) is 6.54 Å². The van der Waals surface area contributed by atoms with E-state index in [0.29, 0.717) is 6.04 Å². The predicted molar refractivity (Wildman–Crippen MR) is 83.9 cm³/mol. The summed E-state index contributed by atoms with van der Waals surface area (Å²) < 4.78 is 5.58. The highest BCUT2D eigenvalue weighted by atomic mass is 16.5. The third-order valence-corrected chi connectivity index (χ3v) is 3.31. The minimum absolute atomic E-state index is 0.354. The Kier molecular flexibility index (Phi) is 5.63. The van der Waals surface area contributed by atoms with Gasteiger partial charge in [0.1, 0.15) is 5.75 Å². The standard InChI is InChI=1S/C18H23NO/c1-3-13-20-18-11-9-16(10-12-18)14-19-15(2)17-7-5-4-6-8-17/h4-12,15,19H,3,13-14H2,1-2H3/t15-/m1/s1. The van der Waals surface area contributed by atoms with Gasteiger partial charge in [-0.3, -0.25) is 0 Å². The lowest BCUT2D eigenvalue weighted by Gasteiger charge is -2.14. The van der Waals surface area contributed by atoms with E-state index >= 15 is 0 Å². The van der Waals surface area contributed by atoms with E-state index in [2.05, 4.69) is 55.6 Å². The van der Waals surface area contributed by atoms with Crippen molar-refractivity contribution in [2.24, 2.45) is 0 Å². The van der Waals surface area contributed by atoms with E-state index in [1.165, 1.54) is 11.1 Å². The Balaban J connectivity index is 1.84. The Labute approximate surface area is 121 Å². The van der Waals surface area contributed by atoms with Crippen molar-refractivity contribution in [3.05, 3.63) is 65.7 Å². The summed E-state index contributed by atoms with van der Waals surface area (Å²) in [6.07, 6.45) is 1.04. The summed E-state index contributed by atoms with van der Waals surface area (Å²) in [5, 5.41) is 3.54. The molecule has 0 saturated carbocycles. The average molecular weight is 269 g/mol. The van der Waals surface area contributed by atoms with Crippen LogP contribution in [-0.4, -0.2) is 6.61 Å². The van der Waals surface area contributed by atoms with Gasteiger partial charge in [-0.2, -0.15) is 0 Å². The zero-order valence-electron chi connectivity index (χ0n) is 12.3. The van der Waals surface area contributed by atoms with Gasteiger partial charge in [-0.05, 0) is 36.6 Å². The first-order chi connectivity index (χ1) is 9.79. The van der Waals surface area contributed by atoms with Crippen molar-refractivity contribution in [1.29, 1.82) is 0 Å². The van der Waals surface area contributed by atoms with E-state index in [-0.39, 0.29) is 0 Å². The van der Waals surface area contributed by atoms with Gasteiger partial charge in [-0.25, -0.2) is 0 Å². The van der Waals surface area contributed by atoms with Crippen LogP contribution in [0.2, 0.25) is 0 Å². The Morgan fingerprint density at radius 1 is 1.00 bits per heavy atom. The molecule has 0 spiro atoms. The van der Waals surface area contributed by atoms with Gasteiger partial charge < -0.3 is 10.1 Å². The first-order valence-electron chi connectivity index (χ1n) is 7.29. The van der Waals surface area contributed by atoms with Crippen molar-refractivity contribution in [1.82, 2.24) is 5.32 Å². The molecule has 2 rings (SSSR count). The third kappa shape index (κ3) is 4.39. The van der Waals surface area contributed by atoms with E-state index in [4.69, 9.17) is 4.74 Å². The molecule has 1 atom stereocenters. The molecule has 2 aromatic rings. The van der Waals surface area contributed by atoms with Gasteiger partial charge in [0, 0.05) is 12.6 Å². The fraction of sp³-hybridized carbons (Fsp3) is 0.333. The van der Waals surface area contributed by atoms with Crippen LogP contribution in [0.15, 0.2) is 54.6 Å². The smallest absolute Gasteiger partial charge is 0.119 e. The van der Waals surface area contributed by atoms with E-state index in [1.54, 1.807) is 0 Å². The van der Waals surface area contributed by atoms with Gasteiger partial charge in [-0.1, -0.05) is 49.4 Å². The summed E-state index contributed by atoms with van der Waals surface area (Å²) in [5.41, 5.74) is 2.59. The van der Waals surface area contributed by atoms with Crippen LogP contribution in [0.3, 0.4) is 0 Å². The predicted octanol–water partition coefficient (Wildman–Crippen LogP) is 4.33. The first kappa shape index (κ1) is 14.6. The van der Waals surface area contributed by atoms with Gasteiger partial charge in [0.15, 0.2) is 0 Å². The summed E-state index contributed by atoms with van der Waals surface area (Å²) in [4.78, 5) is 0. The Hall–Kier alpha value is -1.80. The Morgan fingerprint density at radius 2 is 1.70 bits per heavy atom. The molecule has 0 heterocycles. The summed E-state index contributed by atoms with van der Waals surface area (Å²) in [7, 11) is 0. The second kappa shape index (κ2) is 7.71. The quantitative estimate of drug-likeness (QED) is 0.808. The average Bonchev–Trinajstić information content (AvgIpc) is 2.52. The summed E-state index contributed by atoms with van der Waals surface area (Å²) in [6.45, 7) is 5.95. The second-order valence-electron chi connectivity index (χ2n) is 5.01. The van der Waals surface area contributed by atoms with Gasteiger partial charge >= 0.3 is 0 Å². The molecule has 0 aliphatic carbocycles. The number of ether oxygens (including phenoxy) is 1. The highest BCUT2D eigenvalue weighted by Crippen LogP contribution is 2.15. The lowest BCUT2D eigenvalue weighted by molar-refractivity contribution is 0.317. The third-order valence-electron chi connectivity index (χ3n) is 3.31. The second-order valence-corrected chi connectivity index (χ2v) is 5.01. The van der Waals surface area contributed by atoms with E-state index in [9.17, 15) is 0 Å². The molecular formula is C18H23NO. The molecule has 2 nitrogen and oxygen atoms in total. The van der Waals surface area contributed by atoms with E-state index in [0.717, 1.165) is 25.3 Å². The molecule has 0 aliphatic rings. The molecule has 0 bridgehead atoms. The van der Waals surface area contributed by atoms with Crippen molar-refractivity contribution in [2.75, 3.05) is 6.61 Å². The topological polar surface area (TPSA) is 21.3 Å². The minimum atomic E-state index is 0.354. The number of benzene rings is 2. The molecule has 0 amide bonds. The van der Waals surface area contributed by atoms with E-state index in [1.807, 2.05) is 18.2 Å². The van der Waals surface area contributed by atoms with Crippen LogP contribution in [0.1, 0.15) is 37.4 Å². The maximum Gasteiger partial charge on any atom is 0.119 e. The Bertz CT molecular complexity index is 493. The largest absolute Gasteiger partial charge is 0.494 e. The lowest BCUT2D eigenvalue weighted by atomic mass is 10.1. The molecule has 0 aromatic heterocycles. The van der Waals surface area contributed by atoms with Crippen molar-refractivity contribution in [3.63, 3.8) is 0 Å². The minimum Gasteiger partial charge on any atom is -0.494 e. The van der Waals surface area contributed by atoms with Gasteiger partial charge in [0.05, 0.1) is 6.61 Å². The van der Waals surface area contributed by atoms with Crippen molar-refractivity contribution in [3.8, 4) is 5.75 Å². The van der Waals surface area contributed by atoms with Crippen LogP contribution in [0.5, 0.6) is 5.75 Å². The summed E-state index contributed by atoms with van der Waals surface area (Å²) >= 11 is 0. The summed E-state index contributed by atoms with van der Waals surface area (Å²) in [6, 6.07) is 19.2. The number of hydrogen-bond donors (Lipinski definition) is 1. The summed E-state index contributed by atoms with van der Waals surface area (Å²) in [5.74, 6) is 0.951. The molecule has 106 valence electrons. The normalized spacial score (nSPS) is 12.1. The SMILES string of the molecule is CCCOc1ccc(CN[C@H](C)c2ccccc2)cc1. The highest BCUT2D eigenvalue weighted by molar-refractivity contribution is 5.27. The lowest BCUT2D eigenvalue weighted by Crippen LogP contribution is -2.17. The maximum absolute atomic E-state index is 5.58. The number of hydrogen-bond acceptors (Lipinski definition) is 2. The fourth-order valence-electron chi connectivity index (χ4n) is 2.05.